The van der Waals surface area contributed by atoms with Crippen molar-refractivity contribution in [2.75, 3.05) is 6.61 Å². The summed E-state index contributed by atoms with van der Waals surface area (Å²) in [5, 5.41) is 15.5. The Morgan fingerprint density at radius 2 is 2.13 bits per heavy atom. The summed E-state index contributed by atoms with van der Waals surface area (Å²) in [4.78, 5) is 30.8. The number of ether oxygens (including phenoxy) is 1. The SMILES string of the molecule is CCOC(=O)c1c(-c2cnccc2[N+](=O)[O-])nn2ccncc12. The van der Waals surface area contributed by atoms with Crippen LogP contribution in [0.15, 0.2) is 37.1 Å². The van der Waals surface area contributed by atoms with Crippen molar-refractivity contribution in [2.45, 2.75) is 6.92 Å². The summed E-state index contributed by atoms with van der Waals surface area (Å²) in [6, 6.07) is 1.26. The molecule has 0 aliphatic carbocycles. The number of aromatic nitrogens is 4. The average molecular weight is 313 g/mol. The molecule has 116 valence electrons. The first kappa shape index (κ1) is 14.6. The van der Waals surface area contributed by atoms with E-state index in [9.17, 15) is 14.9 Å². The molecular formula is C14H11N5O4. The highest BCUT2D eigenvalue weighted by Crippen LogP contribution is 2.32. The third kappa shape index (κ3) is 2.48. The molecule has 9 nitrogen and oxygen atoms in total. The number of nitro groups is 1. The fourth-order valence-electron chi connectivity index (χ4n) is 2.22. The summed E-state index contributed by atoms with van der Waals surface area (Å²) in [7, 11) is 0. The normalized spacial score (nSPS) is 10.7. The number of hydrogen-bond donors (Lipinski definition) is 0. The number of hydrogen-bond acceptors (Lipinski definition) is 7. The van der Waals surface area contributed by atoms with Crippen molar-refractivity contribution >= 4 is 17.2 Å². The molecule has 0 fully saturated rings. The first-order chi connectivity index (χ1) is 11.1. The highest BCUT2D eigenvalue weighted by atomic mass is 16.6. The molecule has 9 heteroatoms. The number of carbonyl (C=O) groups excluding carboxylic acids is 1. The fraction of sp³-hybridized carbons (Fsp3) is 0.143. The van der Waals surface area contributed by atoms with Crippen molar-refractivity contribution in [2.24, 2.45) is 0 Å². The molecule has 0 saturated heterocycles. The van der Waals surface area contributed by atoms with E-state index in [1.165, 1.54) is 35.4 Å². The van der Waals surface area contributed by atoms with Gasteiger partial charge in [-0.1, -0.05) is 0 Å². The van der Waals surface area contributed by atoms with E-state index in [1.54, 1.807) is 13.1 Å². The Kier molecular flexibility index (Phi) is 3.67. The van der Waals surface area contributed by atoms with E-state index in [4.69, 9.17) is 4.74 Å². The van der Waals surface area contributed by atoms with Crippen LogP contribution in [0.25, 0.3) is 16.8 Å². The van der Waals surface area contributed by atoms with Crippen molar-refractivity contribution in [3.05, 3.63) is 52.7 Å². The minimum absolute atomic E-state index is 0.121. The molecule has 0 amide bonds. The first-order valence-corrected chi connectivity index (χ1v) is 6.71. The van der Waals surface area contributed by atoms with E-state index < -0.39 is 10.9 Å². The summed E-state index contributed by atoms with van der Waals surface area (Å²) < 4.78 is 6.47. The monoisotopic (exact) mass is 313 g/mol. The van der Waals surface area contributed by atoms with Crippen molar-refractivity contribution in [3.63, 3.8) is 0 Å². The molecule has 3 heterocycles. The van der Waals surface area contributed by atoms with Gasteiger partial charge in [-0.2, -0.15) is 5.10 Å². The van der Waals surface area contributed by atoms with Gasteiger partial charge in [0.25, 0.3) is 5.69 Å². The summed E-state index contributed by atoms with van der Waals surface area (Å²) >= 11 is 0. The van der Waals surface area contributed by atoms with E-state index in [-0.39, 0.29) is 29.1 Å². The van der Waals surface area contributed by atoms with Crippen LogP contribution in [0.4, 0.5) is 5.69 Å². The highest BCUT2D eigenvalue weighted by molar-refractivity contribution is 6.04. The number of nitrogens with zero attached hydrogens (tertiary/aromatic N) is 5. The molecule has 0 bridgehead atoms. The summed E-state index contributed by atoms with van der Waals surface area (Å²) in [5.41, 5.74) is 0.609. The predicted molar refractivity (Wildman–Crippen MR) is 78.8 cm³/mol. The lowest BCUT2D eigenvalue weighted by molar-refractivity contribution is -0.384. The average Bonchev–Trinajstić information content (AvgIpc) is 2.94. The zero-order valence-corrected chi connectivity index (χ0v) is 12.0. The van der Waals surface area contributed by atoms with Crippen LogP contribution in [-0.2, 0) is 4.74 Å². The van der Waals surface area contributed by atoms with E-state index in [0.29, 0.717) is 5.52 Å². The van der Waals surface area contributed by atoms with Crippen molar-refractivity contribution < 1.29 is 14.5 Å². The van der Waals surface area contributed by atoms with Gasteiger partial charge in [0, 0.05) is 30.9 Å². The zero-order chi connectivity index (χ0) is 16.4. The third-order valence-corrected chi connectivity index (χ3v) is 3.17. The lowest BCUT2D eigenvalue weighted by Gasteiger charge is -2.03. The molecule has 0 N–H and O–H groups in total. The molecular weight excluding hydrogens is 302 g/mol. The van der Waals surface area contributed by atoms with Gasteiger partial charge >= 0.3 is 5.97 Å². The molecule has 23 heavy (non-hydrogen) atoms. The van der Waals surface area contributed by atoms with Crippen LogP contribution in [0, 0.1) is 10.1 Å². The summed E-state index contributed by atoms with van der Waals surface area (Å²) in [6.45, 7) is 1.85. The smallest absolute Gasteiger partial charge is 0.342 e. The molecule has 0 unspecified atom stereocenters. The van der Waals surface area contributed by atoms with Crippen LogP contribution in [0.1, 0.15) is 17.3 Å². The Morgan fingerprint density at radius 1 is 1.35 bits per heavy atom. The van der Waals surface area contributed by atoms with Crippen molar-refractivity contribution in [1.82, 2.24) is 19.6 Å². The van der Waals surface area contributed by atoms with Gasteiger partial charge in [0.15, 0.2) is 0 Å². The highest BCUT2D eigenvalue weighted by Gasteiger charge is 2.27. The van der Waals surface area contributed by atoms with Crippen molar-refractivity contribution in [1.29, 1.82) is 0 Å². The van der Waals surface area contributed by atoms with Crippen LogP contribution in [0.3, 0.4) is 0 Å². The van der Waals surface area contributed by atoms with E-state index >= 15 is 0 Å². The Bertz CT molecular complexity index is 905. The van der Waals surface area contributed by atoms with Crippen LogP contribution >= 0.6 is 0 Å². The second-order valence-corrected chi connectivity index (χ2v) is 4.50. The molecule has 0 aliphatic heterocycles. The number of pyridine rings is 1. The van der Waals surface area contributed by atoms with Crippen LogP contribution in [-0.4, -0.2) is 37.1 Å². The maximum Gasteiger partial charge on any atom is 0.342 e. The summed E-state index contributed by atoms with van der Waals surface area (Å²) in [5.74, 6) is -0.622. The molecule has 0 spiro atoms. The Labute approximate surface area is 129 Å². The molecule has 0 radical (unpaired) electrons. The molecule has 0 aromatic carbocycles. The van der Waals surface area contributed by atoms with Gasteiger partial charge < -0.3 is 4.74 Å². The largest absolute Gasteiger partial charge is 0.462 e. The Morgan fingerprint density at radius 3 is 2.87 bits per heavy atom. The zero-order valence-electron chi connectivity index (χ0n) is 12.0. The second kappa shape index (κ2) is 5.79. The van der Waals surface area contributed by atoms with Gasteiger partial charge in [-0.3, -0.25) is 20.1 Å². The number of carbonyl (C=O) groups is 1. The van der Waals surface area contributed by atoms with E-state index in [1.807, 2.05) is 0 Å². The summed E-state index contributed by atoms with van der Waals surface area (Å²) in [6.07, 6.45) is 7.10. The lowest BCUT2D eigenvalue weighted by Crippen LogP contribution is -2.06. The fourth-order valence-corrected chi connectivity index (χ4v) is 2.22. The van der Waals surface area contributed by atoms with Gasteiger partial charge in [-0.25, -0.2) is 9.31 Å². The second-order valence-electron chi connectivity index (χ2n) is 4.50. The van der Waals surface area contributed by atoms with Crippen LogP contribution in [0.5, 0.6) is 0 Å². The van der Waals surface area contributed by atoms with Gasteiger partial charge in [0.2, 0.25) is 0 Å². The van der Waals surface area contributed by atoms with Crippen LogP contribution in [0.2, 0.25) is 0 Å². The maximum absolute atomic E-state index is 12.3. The topological polar surface area (TPSA) is 113 Å². The van der Waals surface area contributed by atoms with Crippen molar-refractivity contribution in [3.8, 4) is 11.3 Å². The Balaban J connectivity index is 2.32. The van der Waals surface area contributed by atoms with Gasteiger partial charge in [-0.05, 0) is 6.92 Å². The third-order valence-electron chi connectivity index (χ3n) is 3.17. The Hall–Kier alpha value is -3.36. The molecule has 0 saturated carbocycles. The molecule has 3 aromatic rings. The minimum Gasteiger partial charge on any atom is -0.462 e. The lowest BCUT2D eigenvalue weighted by atomic mass is 10.1. The molecule has 3 rings (SSSR count). The number of fused-ring (bicyclic) bond motifs is 1. The van der Waals surface area contributed by atoms with E-state index in [0.717, 1.165) is 0 Å². The van der Waals surface area contributed by atoms with Gasteiger partial charge in [0.05, 0.1) is 28.8 Å². The first-order valence-electron chi connectivity index (χ1n) is 6.71. The minimum atomic E-state index is -0.622. The number of rotatable bonds is 4. The van der Waals surface area contributed by atoms with E-state index in [2.05, 4.69) is 15.1 Å². The van der Waals surface area contributed by atoms with Gasteiger partial charge in [-0.15, -0.1) is 0 Å². The molecule has 3 aromatic heterocycles. The predicted octanol–water partition coefficient (Wildman–Crippen LogP) is 1.88. The quantitative estimate of drug-likeness (QED) is 0.410. The van der Waals surface area contributed by atoms with Crippen LogP contribution < -0.4 is 0 Å². The standard InChI is InChI=1S/C14H11N5O4/c1-2-23-14(20)12-11-8-16-5-6-18(11)17-13(12)9-7-15-4-3-10(9)19(21)22/h3-8H,2H2,1H3. The molecule has 0 atom stereocenters. The molecule has 0 aliphatic rings. The van der Waals surface area contributed by atoms with Gasteiger partial charge in [0.1, 0.15) is 11.3 Å². The number of esters is 1. The maximum atomic E-state index is 12.3.